The molecule has 1 unspecified atom stereocenters. The molecule has 1 saturated heterocycles. The quantitative estimate of drug-likeness (QED) is 0.498. The number of thioether (sulfide) groups is 1. The molecule has 7 nitrogen and oxygen atoms in total. The number of benzene rings is 2. The fraction of sp³-hybridized carbons (Fsp3) is 0.231. The van der Waals surface area contributed by atoms with E-state index in [1.54, 1.807) is 18.2 Å². The van der Waals surface area contributed by atoms with Gasteiger partial charge in [0.2, 0.25) is 5.91 Å². The summed E-state index contributed by atoms with van der Waals surface area (Å²) in [5.41, 5.74) is 15.7. The predicted octanol–water partition coefficient (Wildman–Crippen LogP) is 4.04. The third kappa shape index (κ3) is 5.04. The molecule has 1 atom stereocenters. The van der Waals surface area contributed by atoms with Crippen molar-refractivity contribution in [2.24, 2.45) is 11.7 Å². The standard InChI is InChI=1S/C26H23N5O2S/c27-12-21-23(19-6-4-16(5-7-19)10-17-8-9-33-14-17)22(13-28)26(31-24(21)29)34-15-18-2-1-3-20(11-18)25(30)32/h1-7,11,17H,8-10,14-15H2,(H2,29,31)(H2,30,32). The number of carbonyl (C=O) groups is 1. The van der Waals surface area contributed by atoms with Gasteiger partial charge in [0.1, 0.15) is 28.5 Å². The van der Waals surface area contributed by atoms with Crippen LogP contribution in [0.5, 0.6) is 0 Å². The lowest BCUT2D eigenvalue weighted by molar-refractivity contribution is 0.1000. The molecular formula is C26H23N5O2S. The Hall–Kier alpha value is -3.85. The van der Waals surface area contributed by atoms with E-state index in [2.05, 4.69) is 17.1 Å². The third-order valence-electron chi connectivity index (χ3n) is 5.79. The minimum atomic E-state index is -0.503. The van der Waals surface area contributed by atoms with Crippen molar-refractivity contribution >= 4 is 23.5 Å². The van der Waals surface area contributed by atoms with Gasteiger partial charge >= 0.3 is 0 Å². The zero-order valence-electron chi connectivity index (χ0n) is 18.5. The maximum atomic E-state index is 11.5. The van der Waals surface area contributed by atoms with Crippen LogP contribution in [0.1, 0.15) is 39.0 Å². The smallest absolute Gasteiger partial charge is 0.248 e. The molecule has 8 heteroatoms. The fourth-order valence-corrected chi connectivity index (χ4v) is 4.98. The summed E-state index contributed by atoms with van der Waals surface area (Å²) >= 11 is 1.32. The van der Waals surface area contributed by atoms with E-state index in [4.69, 9.17) is 16.2 Å². The number of nitrogens with two attached hydrogens (primary N) is 2. The van der Waals surface area contributed by atoms with Crippen LogP contribution in [0.4, 0.5) is 5.82 Å². The molecule has 0 saturated carbocycles. The summed E-state index contributed by atoms with van der Waals surface area (Å²) in [5, 5.41) is 20.2. The maximum Gasteiger partial charge on any atom is 0.248 e. The van der Waals surface area contributed by atoms with Crippen molar-refractivity contribution in [3.63, 3.8) is 0 Å². The lowest BCUT2D eigenvalue weighted by Crippen LogP contribution is -2.10. The van der Waals surface area contributed by atoms with Crippen molar-refractivity contribution in [2.75, 3.05) is 18.9 Å². The summed E-state index contributed by atoms with van der Waals surface area (Å²) in [6.07, 6.45) is 1.99. The lowest BCUT2D eigenvalue weighted by atomic mass is 9.93. The predicted molar refractivity (Wildman–Crippen MR) is 131 cm³/mol. The first-order valence-corrected chi connectivity index (χ1v) is 11.8. The second kappa shape index (κ2) is 10.4. The van der Waals surface area contributed by atoms with Crippen LogP contribution in [0, 0.1) is 28.6 Å². The molecule has 3 aromatic rings. The number of hydrogen-bond donors (Lipinski definition) is 2. The molecule has 0 radical (unpaired) electrons. The van der Waals surface area contributed by atoms with Gasteiger partial charge in [-0.1, -0.05) is 36.4 Å². The first-order valence-electron chi connectivity index (χ1n) is 10.8. The Morgan fingerprint density at radius 2 is 1.88 bits per heavy atom. The molecule has 2 heterocycles. The Labute approximate surface area is 202 Å². The van der Waals surface area contributed by atoms with Gasteiger partial charge in [0.05, 0.1) is 5.56 Å². The number of aromatic nitrogens is 1. The highest BCUT2D eigenvalue weighted by Crippen LogP contribution is 2.37. The largest absolute Gasteiger partial charge is 0.383 e. The van der Waals surface area contributed by atoms with Crippen molar-refractivity contribution < 1.29 is 9.53 Å². The zero-order valence-corrected chi connectivity index (χ0v) is 19.3. The number of nitriles is 2. The van der Waals surface area contributed by atoms with Gasteiger partial charge in [-0.05, 0) is 47.6 Å². The molecule has 2 aromatic carbocycles. The van der Waals surface area contributed by atoms with Gasteiger partial charge in [0, 0.05) is 30.1 Å². The molecule has 0 bridgehead atoms. The summed E-state index contributed by atoms with van der Waals surface area (Å²) in [6.45, 7) is 1.59. The average molecular weight is 470 g/mol. The molecule has 1 aliphatic rings. The van der Waals surface area contributed by atoms with Gasteiger partial charge in [-0.3, -0.25) is 4.79 Å². The SMILES string of the molecule is N#Cc1c(N)nc(SCc2cccc(C(N)=O)c2)c(C#N)c1-c1ccc(CC2CCOC2)cc1. The van der Waals surface area contributed by atoms with E-state index in [1.165, 1.54) is 17.3 Å². The molecule has 1 aliphatic heterocycles. The van der Waals surface area contributed by atoms with E-state index in [-0.39, 0.29) is 11.4 Å². The number of rotatable bonds is 7. The van der Waals surface area contributed by atoms with Crippen molar-refractivity contribution in [1.82, 2.24) is 4.98 Å². The molecule has 34 heavy (non-hydrogen) atoms. The normalized spacial score (nSPS) is 14.9. The van der Waals surface area contributed by atoms with E-state index >= 15 is 0 Å². The van der Waals surface area contributed by atoms with Crippen molar-refractivity contribution in [3.05, 3.63) is 76.3 Å². The monoisotopic (exact) mass is 469 g/mol. The molecule has 1 aromatic heterocycles. The Balaban J connectivity index is 1.66. The summed E-state index contributed by atoms with van der Waals surface area (Å²) < 4.78 is 5.46. The average Bonchev–Trinajstić information content (AvgIpc) is 3.36. The van der Waals surface area contributed by atoms with Crippen molar-refractivity contribution in [1.29, 1.82) is 10.5 Å². The second-order valence-corrected chi connectivity index (χ2v) is 9.10. The van der Waals surface area contributed by atoms with Crippen LogP contribution in [0.2, 0.25) is 0 Å². The highest BCUT2D eigenvalue weighted by Gasteiger charge is 2.21. The number of nitrogens with zero attached hydrogens (tertiary/aromatic N) is 3. The van der Waals surface area contributed by atoms with Crippen LogP contribution in [-0.2, 0) is 16.9 Å². The molecule has 4 N–H and O–H groups in total. The maximum absolute atomic E-state index is 11.5. The van der Waals surface area contributed by atoms with E-state index in [9.17, 15) is 15.3 Å². The number of nitrogen functional groups attached to an aromatic ring is 1. The van der Waals surface area contributed by atoms with Gasteiger partial charge in [0.25, 0.3) is 0 Å². The molecule has 0 spiro atoms. The van der Waals surface area contributed by atoms with Gasteiger partial charge in [0.15, 0.2) is 0 Å². The fourth-order valence-electron chi connectivity index (χ4n) is 4.04. The van der Waals surface area contributed by atoms with Gasteiger partial charge in [-0.15, -0.1) is 11.8 Å². The highest BCUT2D eigenvalue weighted by molar-refractivity contribution is 7.98. The van der Waals surface area contributed by atoms with E-state index in [0.29, 0.717) is 33.4 Å². The summed E-state index contributed by atoms with van der Waals surface area (Å²) in [6, 6.07) is 19.2. The van der Waals surface area contributed by atoms with Crippen LogP contribution < -0.4 is 11.5 Å². The van der Waals surface area contributed by atoms with E-state index in [0.717, 1.165) is 37.2 Å². The minimum absolute atomic E-state index is 0.0806. The zero-order chi connectivity index (χ0) is 24.1. The van der Waals surface area contributed by atoms with Crippen LogP contribution in [0.15, 0.2) is 53.6 Å². The summed E-state index contributed by atoms with van der Waals surface area (Å²) in [7, 11) is 0. The third-order valence-corrected chi connectivity index (χ3v) is 6.84. The first-order chi connectivity index (χ1) is 16.5. The van der Waals surface area contributed by atoms with Crippen LogP contribution in [0.25, 0.3) is 11.1 Å². The Morgan fingerprint density at radius 3 is 2.53 bits per heavy atom. The number of amides is 1. The number of carbonyl (C=O) groups excluding carboxylic acids is 1. The van der Waals surface area contributed by atoms with Gasteiger partial charge in [-0.2, -0.15) is 10.5 Å². The number of ether oxygens (including phenoxy) is 1. The Kier molecular flexibility index (Phi) is 7.12. The Bertz CT molecular complexity index is 1300. The van der Waals surface area contributed by atoms with Crippen LogP contribution in [-0.4, -0.2) is 24.1 Å². The van der Waals surface area contributed by atoms with Crippen molar-refractivity contribution in [3.8, 4) is 23.3 Å². The summed E-state index contributed by atoms with van der Waals surface area (Å²) in [5.74, 6) is 0.548. The second-order valence-electron chi connectivity index (χ2n) is 8.13. The number of pyridine rings is 1. The van der Waals surface area contributed by atoms with Crippen LogP contribution in [0.3, 0.4) is 0 Å². The lowest BCUT2D eigenvalue weighted by Gasteiger charge is -2.14. The molecule has 0 aliphatic carbocycles. The molecule has 170 valence electrons. The first kappa shape index (κ1) is 23.3. The topological polar surface area (TPSA) is 139 Å². The number of primary amides is 1. The number of hydrogen-bond acceptors (Lipinski definition) is 7. The molecule has 4 rings (SSSR count). The van der Waals surface area contributed by atoms with Crippen molar-refractivity contribution in [2.45, 2.75) is 23.6 Å². The minimum Gasteiger partial charge on any atom is -0.383 e. The van der Waals surface area contributed by atoms with E-state index < -0.39 is 5.91 Å². The number of anilines is 1. The van der Waals surface area contributed by atoms with Gasteiger partial charge in [-0.25, -0.2) is 4.98 Å². The summed E-state index contributed by atoms with van der Waals surface area (Å²) in [4.78, 5) is 15.8. The molecule has 1 amide bonds. The highest BCUT2D eigenvalue weighted by atomic mass is 32.2. The van der Waals surface area contributed by atoms with Crippen LogP contribution >= 0.6 is 11.8 Å². The van der Waals surface area contributed by atoms with E-state index in [1.807, 2.05) is 30.3 Å². The molecule has 1 fully saturated rings. The Morgan fingerprint density at radius 1 is 1.12 bits per heavy atom. The molecular weight excluding hydrogens is 446 g/mol. The van der Waals surface area contributed by atoms with Gasteiger partial charge < -0.3 is 16.2 Å².